The lowest BCUT2D eigenvalue weighted by molar-refractivity contribution is -0.121. The van der Waals surface area contributed by atoms with Gasteiger partial charge in [-0.2, -0.15) is 5.10 Å². The van der Waals surface area contributed by atoms with Crippen molar-refractivity contribution in [2.45, 2.75) is 25.9 Å². The van der Waals surface area contributed by atoms with Gasteiger partial charge < -0.3 is 10.2 Å². The maximum atomic E-state index is 13.5. The number of amides is 1. The molecule has 1 atom stereocenters. The number of piperazine rings is 1. The number of hydrogen-bond donors (Lipinski definition) is 1. The van der Waals surface area contributed by atoms with Gasteiger partial charge >= 0.3 is 5.69 Å². The van der Waals surface area contributed by atoms with E-state index in [9.17, 15) is 9.59 Å². The molecule has 4 aromatic rings. The largest absolute Gasteiger partial charge is 0.369 e. The molecule has 1 saturated heterocycles. The molecule has 0 bridgehead atoms. The van der Waals surface area contributed by atoms with Crippen molar-refractivity contribution in [2.75, 3.05) is 36.4 Å². The number of carbonyl (C=O) groups is 1. The van der Waals surface area contributed by atoms with Gasteiger partial charge in [0.1, 0.15) is 12.4 Å². The monoisotopic (exact) mass is 530 g/mol. The van der Waals surface area contributed by atoms with E-state index in [0.717, 1.165) is 48.8 Å². The molecule has 0 aliphatic carbocycles. The van der Waals surface area contributed by atoms with Crippen LogP contribution in [0.1, 0.15) is 31.5 Å². The smallest absolute Gasteiger partial charge is 0.350 e. The van der Waals surface area contributed by atoms with Crippen LogP contribution in [-0.4, -0.2) is 51.3 Å². The van der Waals surface area contributed by atoms with Crippen molar-refractivity contribution in [3.05, 3.63) is 106 Å². The summed E-state index contributed by atoms with van der Waals surface area (Å²) < 4.78 is 3.03. The highest BCUT2D eigenvalue weighted by atomic mass is 35.5. The molecule has 0 radical (unpaired) electrons. The summed E-state index contributed by atoms with van der Waals surface area (Å²) in [7, 11) is 0. The SMILES string of the molecule is CC(C)n1ncn(-c2ccc(N3CCN(C(C(=O)Nc4ccc(Cl)cc4)c4ccccc4)CC3)cc2)c1=O. The molecule has 1 aliphatic rings. The topological polar surface area (TPSA) is 75.4 Å². The predicted octanol–water partition coefficient (Wildman–Crippen LogP) is 4.77. The molecule has 3 aromatic carbocycles. The fourth-order valence-corrected chi connectivity index (χ4v) is 4.94. The molecule has 8 nitrogen and oxygen atoms in total. The number of halogens is 1. The van der Waals surface area contributed by atoms with Crippen LogP contribution in [0.5, 0.6) is 0 Å². The number of hydrogen-bond acceptors (Lipinski definition) is 5. The molecule has 196 valence electrons. The molecule has 2 heterocycles. The van der Waals surface area contributed by atoms with Crippen molar-refractivity contribution in [1.82, 2.24) is 19.2 Å². The first kappa shape index (κ1) is 25.8. The van der Waals surface area contributed by atoms with Crippen molar-refractivity contribution in [3.8, 4) is 5.69 Å². The van der Waals surface area contributed by atoms with E-state index in [-0.39, 0.29) is 17.6 Å². The molecule has 1 amide bonds. The Balaban J connectivity index is 1.28. The Morgan fingerprint density at radius 1 is 0.868 bits per heavy atom. The molecule has 38 heavy (non-hydrogen) atoms. The number of aromatic nitrogens is 3. The van der Waals surface area contributed by atoms with Gasteiger partial charge in [-0.15, -0.1) is 0 Å². The molecular formula is C29H31ClN6O2. The van der Waals surface area contributed by atoms with Gasteiger partial charge in [0.25, 0.3) is 0 Å². The molecule has 1 unspecified atom stereocenters. The minimum atomic E-state index is -0.402. The van der Waals surface area contributed by atoms with Crippen LogP contribution in [0, 0.1) is 0 Å². The third-order valence-electron chi connectivity index (χ3n) is 6.83. The first-order valence-corrected chi connectivity index (χ1v) is 13.2. The first-order valence-electron chi connectivity index (χ1n) is 12.8. The highest BCUT2D eigenvalue weighted by Gasteiger charge is 2.30. The minimum Gasteiger partial charge on any atom is -0.369 e. The Kier molecular flexibility index (Phi) is 7.62. The summed E-state index contributed by atoms with van der Waals surface area (Å²) in [5.41, 5.74) is 3.40. The zero-order chi connectivity index (χ0) is 26.6. The molecule has 1 fully saturated rings. The Morgan fingerprint density at radius 3 is 2.11 bits per heavy atom. The van der Waals surface area contributed by atoms with Gasteiger partial charge in [-0.25, -0.2) is 14.0 Å². The van der Waals surface area contributed by atoms with E-state index in [1.54, 1.807) is 23.0 Å². The number of benzene rings is 3. The quantitative estimate of drug-likeness (QED) is 0.372. The Bertz CT molecular complexity index is 1420. The number of anilines is 2. The maximum Gasteiger partial charge on any atom is 0.350 e. The normalized spacial score (nSPS) is 15.0. The van der Waals surface area contributed by atoms with E-state index >= 15 is 0 Å². The lowest BCUT2D eigenvalue weighted by atomic mass is 10.0. The van der Waals surface area contributed by atoms with Crippen molar-refractivity contribution >= 4 is 28.9 Å². The second kappa shape index (κ2) is 11.2. The summed E-state index contributed by atoms with van der Waals surface area (Å²) in [5.74, 6) is -0.0660. The van der Waals surface area contributed by atoms with E-state index < -0.39 is 6.04 Å². The Hall–Kier alpha value is -3.88. The van der Waals surface area contributed by atoms with Gasteiger partial charge in [0.05, 0.1) is 11.7 Å². The summed E-state index contributed by atoms with van der Waals surface area (Å²) >= 11 is 6.01. The van der Waals surface area contributed by atoms with Gasteiger partial charge in [0.2, 0.25) is 5.91 Å². The molecule has 0 spiro atoms. The van der Waals surface area contributed by atoms with Crippen molar-refractivity contribution in [2.24, 2.45) is 0 Å². The lowest BCUT2D eigenvalue weighted by Gasteiger charge is -2.39. The van der Waals surface area contributed by atoms with Crippen LogP contribution < -0.4 is 15.9 Å². The number of nitrogens with zero attached hydrogens (tertiary/aromatic N) is 5. The van der Waals surface area contributed by atoms with Crippen LogP contribution in [0.15, 0.2) is 90.0 Å². The predicted molar refractivity (Wildman–Crippen MR) is 151 cm³/mol. The first-order chi connectivity index (χ1) is 18.4. The van der Waals surface area contributed by atoms with E-state index in [1.807, 2.05) is 80.6 Å². The second-order valence-electron chi connectivity index (χ2n) is 9.67. The van der Waals surface area contributed by atoms with Gasteiger partial charge in [0, 0.05) is 42.6 Å². The van der Waals surface area contributed by atoms with Crippen LogP contribution in [0.25, 0.3) is 5.69 Å². The van der Waals surface area contributed by atoms with Gasteiger partial charge in [-0.05, 0) is 67.9 Å². The van der Waals surface area contributed by atoms with E-state index in [0.29, 0.717) is 5.02 Å². The highest BCUT2D eigenvalue weighted by Crippen LogP contribution is 2.27. The Labute approximate surface area is 227 Å². The summed E-state index contributed by atoms with van der Waals surface area (Å²) in [6.07, 6.45) is 1.56. The standard InChI is InChI=1S/C29H31ClN6O2/c1-21(2)36-29(38)35(20-31-36)26-14-12-25(13-15-26)33-16-18-34(19-17-33)27(22-6-4-3-5-7-22)28(37)32-24-10-8-23(30)9-11-24/h3-15,20-21,27H,16-19H2,1-2H3,(H,32,37). The molecule has 0 saturated carbocycles. The van der Waals surface area contributed by atoms with E-state index in [4.69, 9.17) is 11.6 Å². The van der Waals surface area contributed by atoms with Crippen molar-refractivity contribution in [1.29, 1.82) is 0 Å². The number of nitrogens with one attached hydrogen (secondary N) is 1. The van der Waals surface area contributed by atoms with Crippen LogP contribution in [0.2, 0.25) is 5.02 Å². The fourth-order valence-electron chi connectivity index (χ4n) is 4.82. The van der Waals surface area contributed by atoms with Crippen molar-refractivity contribution < 1.29 is 4.79 Å². The highest BCUT2D eigenvalue weighted by molar-refractivity contribution is 6.30. The van der Waals surface area contributed by atoms with Crippen LogP contribution in [-0.2, 0) is 4.79 Å². The second-order valence-corrected chi connectivity index (χ2v) is 10.1. The van der Waals surface area contributed by atoms with Gasteiger partial charge in [0.15, 0.2) is 0 Å². The van der Waals surface area contributed by atoms with Crippen LogP contribution in [0.4, 0.5) is 11.4 Å². The van der Waals surface area contributed by atoms with Gasteiger partial charge in [-0.3, -0.25) is 9.69 Å². The zero-order valence-corrected chi connectivity index (χ0v) is 22.3. The summed E-state index contributed by atoms with van der Waals surface area (Å²) in [6, 6.07) is 24.6. The maximum absolute atomic E-state index is 13.5. The lowest BCUT2D eigenvalue weighted by Crippen LogP contribution is -2.50. The molecule has 1 aromatic heterocycles. The van der Waals surface area contributed by atoms with Crippen molar-refractivity contribution in [3.63, 3.8) is 0 Å². The third kappa shape index (κ3) is 5.51. The summed E-state index contributed by atoms with van der Waals surface area (Å²) in [5, 5.41) is 7.90. The average Bonchev–Trinajstić information content (AvgIpc) is 3.33. The van der Waals surface area contributed by atoms with E-state index in [1.165, 1.54) is 4.68 Å². The molecule has 1 aliphatic heterocycles. The molecule has 1 N–H and O–H groups in total. The molecular weight excluding hydrogens is 500 g/mol. The summed E-state index contributed by atoms with van der Waals surface area (Å²) in [6.45, 7) is 6.90. The number of rotatable bonds is 7. The average molecular weight is 531 g/mol. The minimum absolute atomic E-state index is 0.00676. The fraction of sp³-hybridized carbons (Fsp3) is 0.276. The van der Waals surface area contributed by atoms with Crippen LogP contribution in [0.3, 0.4) is 0 Å². The Morgan fingerprint density at radius 2 is 1.50 bits per heavy atom. The third-order valence-corrected chi connectivity index (χ3v) is 7.08. The summed E-state index contributed by atoms with van der Waals surface area (Å²) in [4.78, 5) is 30.6. The van der Waals surface area contributed by atoms with Gasteiger partial charge in [-0.1, -0.05) is 41.9 Å². The van der Waals surface area contributed by atoms with E-state index in [2.05, 4.69) is 20.2 Å². The number of carbonyl (C=O) groups excluding carboxylic acids is 1. The molecule has 9 heteroatoms. The molecule has 5 rings (SSSR count). The van der Waals surface area contributed by atoms with Crippen LogP contribution >= 0.6 is 11.6 Å². The zero-order valence-electron chi connectivity index (χ0n) is 21.5.